The molecule has 0 spiro atoms. The van der Waals surface area contributed by atoms with Crippen LogP contribution in [0.2, 0.25) is 0 Å². The summed E-state index contributed by atoms with van der Waals surface area (Å²) < 4.78 is 19.3. The van der Waals surface area contributed by atoms with Crippen LogP contribution in [-0.4, -0.2) is 43.6 Å². The van der Waals surface area contributed by atoms with Crippen LogP contribution >= 0.6 is 15.9 Å². The molecule has 0 radical (unpaired) electrons. The Morgan fingerprint density at radius 1 is 1.50 bits per heavy atom. The van der Waals surface area contributed by atoms with Crippen molar-refractivity contribution < 1.29 is 13.9 Å². The van der Waals surface area contributed by atoms with Crippen molar-refractivity contribution in [3.63, 3.8) is 0 Å². The topological polar surface area (TPSA) is 41.6 Å². The fourth-order valence-corrected chi connectivity index (χ4v) is 2.49. The van der Waals surface area contributed by atoms with Gasteiger partial charge in [-0.05, 0) is 51.2 Å². The predicted octanol–water partition coefficient (Wildman–Crippen LogP) is 2.18. The Balaban J connectivity index is 1.77. The van der Waals surface area contributed by atoms with Crippen molar-refractivity contribution in [1.82, 2.24) is 10.2 Å². The third kappa shape index (κ3) is 4.45. The number of benzene rings is 1. The van der Waals surface area contributed by atoms with Gasteiger partial charge in [0.1, 0.15) is 0 Å². The summed E-state index contributed by atoms with van der Waals surface area (Å²) in [5, 5.41) is 2.92. The summed E-state index contributed by atoms with van der Waals surface area (Å²) in [6, 6.07) is 4.68. The van der Waals surface area contributed by atoms with E-state index in [0.29, 0.717) is 4.47 Å². The summed E-state index contributed by atoms with van der Waals surface area (Å²) in [5.41, 5.74) is 0. The Bertz CT molecular complexity index is 476. The normalized spacial score (nSPS) is 16.9. The van der Waals surface area contributed by atoms with Crippen molar-refractivity contribution in [1.29, 1.82) is 0 Å². The van der Waals surface area contributed by atoms with Crippen molar-refractivity contribution in [2.45, 2.75) is 18.9 Å². The zero-order chi connectivity index (χ0) is 14.5. The molecule has 1 saturated heterocycles. The Hall–Kier alpha value is -1.14. The monoisotopic (exact) mass is 344 g/mol. The Morgan fingerprint density at radius 2 is 2.20 bits per heavy atom. The first-order chi connectivity index (χ1) is 9.54. The number of halogens is 2. The van der Waals surface area contributed by atoms with Crippen molar-refractivity contribution in [3.8, 4) is 5.75 Å². The molecule has 0 aromatic heterocycles. The smallest absolute Gasteiger partial charge is 0.258 e. The molecule has 1 aromatic carbocycles. The van der Waals surface area contributed by atoms with Gasteiger partial charge in [0.05, 0.1) is 0 Å². The van der Waals surface area contributed by atoms with Crippen molar-refractivity contribution in [3.05, 3.63) is 28.5 Å². The molecule has 1 heterocycles. The number of nitrogens with one attached hydrogen (secondary N) is 1. The van der Waals surface area contributed by atoms with E-state index in [1.165, 1.54) is 12.1 Å². The fourth-order valence-electron chi connectivity index (χ4n) is 2.16. The number of amides is 1. The molecule has 110 valence electrons. The molecule has 6 heteroatoms. The highest BCUT2D eigenvalue weighted by molar-refractivity contribution is 9.10. The van der Waals surface area contributed by atoms with Crippen LogP contribution in [-0.2, 0) is 4.79 Å². The largest absolute Gasteiger partial charge is 0.481 e. The van der Waals surface area contributed by atoms with E-state index < -0.39 is 5.82 Å². The molecule has 0 saturated carbocycles. The molecule has 20 heavy (non-hydrogen) atoms. The minimum atomic E-state index is -0.480. The van der Waals surface area contributed by atoms with Crippen molar-refractivity contribution in [2.75, 3.05) is 26.7 Å². The summed E-state index contributed by atoms with van der Waals surface area (Å²) in [4.78, 5) is 14.0. The van der Waals surface area contributed by atoms with Gasteiger partial charge < -0.3 is 15.0 Å². The molecule has 1 aliphatic rings. The van der Waals surface area contributed by atoms with E-state index in [2.05, 4.69) is 33.2 Å². The van der Waals surface area contributed by atoms with Crippen molar-refractivity contribution in [2.24, 2.45) is 0 Å². The Morgan fingerprint density at radius 3 is 2.85 bits per heavy atom. The number of ether oxygens (including phenoxy) is 1. The van der Waals surface area contributed by atoms with Crippen LogP contribution in [0.1, 0.15) is 12.8 Å². The lowest BCUT2D eigenvalue weighted by Crippen LogP contribution is -2.44. The van der Waals surface area contributed by atoms with Crippen LogP contribution < -0.4 is 10.1 Å². The van der Waals surface area contributed by atoms with Crippen LogP contribution in [0.4, 0.5) is 4.39 Å². The van der Waals surface area contributed by atoms with E-state index in [4.69, 9.17) is 4.74 Å². The molecule has 1 aromatic rings. The number of carbonyl (C=O) groups excluding carboxylic acids is 1. The first kappa shape index (κ1) is 15.3. The molecule has 0 unspecified atom stereocenters. The maximum Gasteiger partial charge on any atom is 0.258 e. The maximum atomic E-state index is 13.5. The van der Waals surface area contributed by atoms with Gasteiger partial charge in [-0.15, -0.1) is 0 Å². The highest BCUT2D eigenvalue weighted by atomic mass is 79.9. The molecule has 1 N–H and O–H groups in total. The van der Waals surface area contributed by atoms with Crippen LogP contribution in [0.25, 0.3) is 0 Å². The van der Waals surface area contributed by atoms with Gasteiger partial charge in [-0.3, -0.25) is 4.79 Å². The second-order valence-corrected chi connectivity index (χ2v) is 5.92. The number of likely N-dealkylation sites (tertiary alicyclic amines) is 1. The average molecular weight is 345 g/mol. The van der Waals surface area contributed by atoms with Gasteiger partial charge in [-0.25, -0.2) is 4.39 Å². The fraction of sp³-hybridized carbons (Fsp3) is 0.500. The minimum absolute atomic E-state index is 0.0896. The lowest BCUT2D eigenvalue weighted by atomic mass is 10.1. The molecule has 1 fully saturated rings. The van der Waals surface area contributed by atoms with E-state index in [1.54, 1.807) is 6.07 Å². The molecule has 0 bridgehead atoms. The summed E-state index contributed by atoms with van der Waals surface area (Å²) in [6.45, 7) is 1.80. The lowest BCUT2D eigenvalue weighted by molar-refractivity contribution is -0.124. The van der Waals surface area contributed by atoms with E-state index in [-0.39, 0.29) is 24.3 Å². The van der Waals surface area contributed by atoms with Gasteiger partial charge >= 0.3 is 0 Å². The molecule has 4 nitrogen and oxygen atoms in total. The average Bonchev–Trinajstić information content (AvgIpc) is 2.40. The van der Waals surface area contributed by atoms with Crippen molar-refractivity contribution >= 4 is 21.8 Å². The van der Waals surface area contributed by atoms with Gasteiger partial charge in [0.15, 0.2) is 18.2 Å². The van der Waals surface area contributed by atoms with E-state index in [0.717, 1.165) is 25.9 Å². The number of hydrogen-bond acceptors (Lipinski definition) is 3. The number of rotatable bonds is 4. The third-order valence-electron chi connectivity index (χ3n) is 3.34. The Labute approximate surface area is 126 Å². The van der Waals surface area contributed by atoms with Crippen LogP contribution in [0.3, 0.4) is 0 Å². The number of carbonyl (C=O) groups is 1. The van der Waals surface area contributed by atoms with E-state index in [9.17, 15) is 9.18 Å². The quantitative estimate of drug-likeness (QED) is 0.910. The Kier molecular flexibility index (Phi) is 5.37. The number of piperidine rings is 1. The second-order valence-electron chi connectivity index (χ2n) is 5.01. The van der Waals surface area contributed by atoms with Gasteiger partial charge in [-0.1, -0.05) is 15.9 Å². The van der Waals surface area contributed by atoms with Gasteiger partial charge in [-0.2, -0.15) is 0 Å². The van der Waals surface area contributed by atoms with Crippen LogP contribution in [0.15, 0.2) is 22.7 Å². The lowest BCUT2D eigenvalue weighted by Gasteiger charge is -2.29. The predicted molar refractivity (Wildman–Crippen MR) is 78.3 cm³/mol. The number of hydrogen-bond donors (Lipinski definition) is 1. The number of nitrogens with zero attached hydrogens (tertiary/aromatic N) is 1. The summed E-state index contributed by atoms with van der Waals surface area (Å²) in [5.74, 6) is -0.597. The molecule has 0 aliphatic carbocycles. The van der Waals surface area contributed by atoms with Gasteiger partial charge in [0.25, 0.3) is 5.91 Å². The molecular weight excluding hydrogens is 327 g/mol. The molecule has 0 atom stereocenters. The third-order valence-corrected chi connectivity index (χ3v) is 3.83. The minimum Gasteiger partial charge on any atom is -0.481 e. The van der Waals surface area contributed by atoms with E-state index in [1.807, 2.05) is 0 Å². The van der Waals surface area contributed by atoms with Gasteiger partial charge in [0.2, 0.25) is 0 Å². The zero-order valence-electron chi connectivity index (χ0n) is 11.4. The summed E-state index contributed by atoms with van der Waals surface area (Å²) in [6.07, 6.45) is 1.88. The zero-order valence-corrected chi connectivity index (χ0v) is 13.0. The second kappa shape index (κ2) is 7.04. The van der Waals surface area contributed by atoms with Crippen LogP contribution in [0, 0.1) is 5.82 Å². The molecule has 2 rings (SSSR count). The SMILES string of the molecule is CN1CCC(NC(=O)COc2ccc(Br)cc2F)CC1. The molecular formula is C14H18BrFN2O2. The standard InChI is InChI=1S/C14H18BrFN2O2/c1-18-6-4-11(5-7-18)17-14(19)9-20-13-3-2-10(15)8-12(13)16/h2-3,8,11H,4-7,9H2,1H3,(H,17,19). The van der Waals surface area contributed by atoms with Crippen LogP contribution in [0.5, 0.6) is 5.75 Å². The highest BCUT2D eigenvalue weighted by Gasteiger charge is 2.18. The van der Waals surface area contributed by atoms with E-state index >= 15 is 0 Å². The summed E-state index contributed by atoms with van der Waals surface area (Å²) in [7, 11) is 2.07. The first-order valence-corrected chi connectivity index (χ1v) is 7.39. The van der Waals surface area contributed by atoms with Gasteiger partial charge in [0, 0.05) is 10.5 Å². The summed E-state index contributed by atoms with van der Waals surface area (Å²) >= 11 is 3.17. The highest BCUT2D eigenvalue weighted by Crippen LogP contribution is 2.21. The molecule has 1 amide bonds. The maximum absolute atomic E-state index is 13.5. The first-order valence-electron chi connectivity index (χ1n) is 6.60. The molecule has 1 aliphatic heterocycles.